The lowest BCUT2D eigenvalue weighted by molar-refractivity contribution is -0.132. The first-order valence-electron chi connectivity index (χ1n) is 9.28. The van der Waals surface area contributed by atoms with Crippen LogP contribution in [0.2, 0.25) is 0 Å². The van der Waals surface area contributed by atoms with Crippen LogP contribution in [-0.4, -0.2) is 63.2 Å². The largest absolute Gasteiger partial charge is 0.361 e. The molecule has 7 heteroatoms. The quantitative estimate of drug-likeness (QED) is 0.735. The van der Waals surface area contributed by atoms with Crippen LogP contribution in [0.15, 0.2) is 53.6 Å². The highest BCUT2D eigenvalue weighted by Crippen LogP contribution is 2.19. The second kappa shape index (κ2) is 7.75. The Hall–Kier alpha value is -2.93. The first-order valence-corrected chi connectivity index (χ1v) is 9.28. The summed E-state index contributed by atoms with van der Waals surface area (Å²) in [5.74, 6) is 0.167. The summed E-state index contributed by atoms with van der Waals surface area (Å²) in [5, 5.41) is 5.20. The zero-order valence-corrected chi connectivity index (χ0v) is 15.2. The Morgan fingerprint density at radius 3 is 2.67 bits per heavy atom. The van der Waals surface area contributed by atoms with Crippen molar-refractivity contribution in [2.45, 2.75) is 13.0 Å². The van der Waals surface area contributed by atoms with Crippen molar-refractivity contribution in [1.82, 2.24) is 24.6 Å². The van der Waals surface area contributed by atoms with Gasteiger partial charge in [-0.3, -0.25) is 14.5 Å². The zero-order valence-electron chi connectivity index (χ0n) is 15.2. The van der Waals surface area contributed by atoms with Gasteiger partial charge >= 0.3 is 0 Å². The molecule has 7 nitrogen and oxygen atoms in total. The number of hydrogen-bond acceptors (Lipinski definition) is 4. The van der Waals surface area contributed by atoms with Gasteiger partial charge in [0.2, 0.25) is 5.91 Å². The van der Waals surface area contributed by atoms with Crippen LogP contribution in [0.4, 0.5) is 0 Å². The number of piperazine rings is 1. The van der Waals surface area contributed by atoms with Crippen LogP contribution in [0.25, 0.3) is 10.9 Å². The highest BCUT2D eigenvalue weighted by atomic mass is 16.2. The van der Waals surface area contributed by atoms with Crippen molar-refractivity contribution in [2.24, 2.45) is 0 Å². The van der Waals surface area contributed by atoms with E-state index in [1.807, 2.05) is 35.4 Å². The number of benzene rings is 1. The molecule has 140 valence electrons. The number of fused-ring (bicyclic) bond motifs is 1. The monoisotopic (exact) mass is 365 g/mol. The van der Waals surface area contributed by atoms with Crippen LogP contribution in [0.1, 0.15) is 5.56 Å². The maximum Gasteiger partial charge on any atom is 0.266 e. The van der Waals surface area contributed by atoms with Crippen molar-refractivity contribution in [1.29, 1.82) is 0 Å². The number of hydrogen-bond donors (Lipinski definition) is 1. The summed E-state index contributed by atoms with van der Waals surface area (Å²) in [6, 6.07) is 11.2. The Balaban J connectivity index is 1.29. The number of rotatable bonds is 5. The van der Waals surface area contributed by atoms with E-state index in [1.165, 1.54) is 10.7 Å². The zero-order chi connectivity index (χ0) is 18.6. The maximum absolute atomic E-state index is 12.7. The van der Waals surface area contributed by atoms with E-state index in [4.69, 9.17) is 0 Å². The molecule has 27 heavy (non-hydrogen) atoms. The minimum atomic E-state index is -0.0787. The van der Waals surface area contributed by atoms with Crippen LogP contribution >= 0.6 is 0 Å². The summed E-state index contributed by atoms with van der Waals surface area (Å²) >= 11 is 0. The first kappa shape index (κ1) is 17.5. The predicted molar refractivity (Wildman–Crippen MR) is 104 cm³/mol. The molecule has 0 radical (unpaired) electrons. The Kier molecular flexibility index (Phi) is 5.02. The van der Waals surface area contributed by atoms with Crippen molar-refractivity contribution in [3.8, 4) is 0 Å². The van der Waals surface area contributed by atoms with E-state index in [1.54, 1.807) is 12.3 Å². The molecule has 0 aliphatic carbocycles. The molecule has 1 fully saturated rings. The number of nitrogens with one attached hydrogen (secondary N) is 1. The third-order valence-electron chi connectivity index (χ3n) is 5.15. The molecular formula is C20H23N5O2. The number of aromatic nitrogens is 3. The van der Waals surface area contributed by atoms with E-state index in [0.717, 1.165) is 49.2 Å². The van der Waals surface area contributed by atoms with Gasteiger partial charge in [-0.2, -0.15) is 5.10 Å². The molecule has 0 atom stereocenters. The Bertz CT molecular complexity index is 985. The molecule has 3 aromatic rings. The van der Waals surface area contributed by atoms with Gasteiger partial charge in [-0.15, -0.1) is 0 Å². The summed E-state index contributed by atoms with van der Waals surface area (Å²) in [7, 11) is 0. The van der Waals surface area contributed by atoms with Gasteiger partial charge in [-0.25, -0.2) is 4.68 Å². The molecule has 1 amide bonds. The van der Waals surface area contributed by atoms with E-state index in [0.29, 0.717) is 13.0 Å². The lowest BCUT2D eigenvalue weighted by atomic mass is 10.1. The molecule has 0 saturated carbocycles. The number of carbonyl (C=O) groups excluding carboxylic acids is 1. The van der Waals surface area contributed by atoms with Gasteiger partial charge in [-0.05, 0) is 17.7 Å². The fourth-order valence-electron chi connectivity index (χ4n) is 3.56. The van der Waals surface area contributed by atoms with E-state index >= 15 is 0 Å². The topological polar surface area (TPSA) is 74.2 Å². The molecular weight excluding hydrogens is 342 g/mol. The fraction of sp³-hybridized carbons (Fsp3) is 0.350. The minimum Gasteiger partial charge on any atom is -0.361 e. The number of aromatic amines is 1. The van der Waals surface area contributed by atoms with E-state index in [-0.39, 0.29) is 11.5 Å². The number of para-hydroxylation sites is 1. The van der Waals surface area contributed by atoms with E-state index in [2.05, 4.69) is 15.0 Å². The summed E-state index contributed by atoms with van der Waals surface area (Å²) in [6.07, 6.45) is 3.99. The summed E-state index contributed by atoms with van der Waals surface area (Å²) in [6.45, 7) is 4.42. The first-order chi connectivity index (χ1) is 13.2. The van der Waals surface area contributed by atoms with Gasteiger partial charge in [0.15, 0.2) is 0 Å². The summed E-state index contributed by atoms with van der Waals surface area (Å²) in [5.41, 5.74) is 2.03. The molecule has 1 N–H and O–H groups in total. The SMILES string of the molecule is O=C(Cc1c[nH]c2ccccc12)N1CCN(CCn2ncccc2=O)CC1. The number of H-pyrrole nitrogens is 1. The van der Waals surface area contributed by atoms with Gasteiger partial charge in [0.1, 0.15) is 0 Å². The smallest absolute Gasteiger partial charge is 0.266 e. The molecule has 1 aliphatic rings. The van der Waals surface area contributed by atoms with Crippen molar-refractivity contribution < 1.29 is 4.79 Å². The molecule has 2 aromatic heterocycles. The fourth-order valence-corrected chi connectivity index (χ4v) is 3.56. The van der Waals surface area contributed by atoms with Crippen LogP contribution < -0.4 is 5.56 Å². The highest BCUT2D eigenvalue weighted by Gasteiger charge is 2.21. The second-order valence-corrected chi connectivity index (χ2v) is 6.84. The molecule has 1 saturated heterocycles. The standard InChI is InChI=1S/C20H23N5O2/c26-19-6-3-7-22-25(19)13-10-23-8-11-24(12-9-23)20(27)14-16-15-21-18-5-2-1-4-17(16)18/h1-7,15,21H,8-14H2. The molecule has 3 heterocycles. The van der Waals surface area contributed by atoms with Gasteiger partial charge in [0.25, 0.3) is 5.56 Å². The van der Waals surface area contributed by atoms with Gasteiger partial charge in [0.05, 0.1) is 13.0 Å². The maximum atomic E-state index is 12.7. The van der Waals surface area contributed by atoms with Crippen molar-refractivity contribution in [3.05, 3.63) is 64.7 Å². The van der Waals surface area contributed by atoms with Crippen LogP contribution in [-0.2, 0) is 17.8 Å². The Morgan fingerprint density at radius 2 is 1.85 bits per heavy atom. The minimum absolute atomic E-state index is 0.0787. The van der Waals surface area contributed by atoms with Crippen LogP contribution in [0.5, 0.6) is 0 Å². The Morgan fingerprint density at radius 1 is 1.04 bits per heavy atom. The van der Waals surface area contributed by atoms with Gasteiger partial charge < -0.3 is 9.88 Å². The van der Waals surface area contributed by atoms with Crippen LogP contribution in [0.3, 0.4) is 0 Å². The lowest BCUT2D eigenvalue weighted by Crippen LogP contribution is -2.50. The molecule has 0 unspecified atom stereocenters. The van der Waals surface area contributed by atoms with Crippen LogP contribution in [0, 0.1) is 0 Å². The summed E-state index contributed by atoms with van der Waals surface area (Å²) in [4.78, 5) is 31.8. The average molecular weight is 365 g/mol. The summed E-state index contributed by atoms with van der Waals surface area (Å²) < 4.78 is 1.48. The van der Waals surface area contributed by atoms with E-state index in [9.17, 15) is 9.59 Å². The third-order valence-corrected chi connectivity index (χ3v) is 5.15. The van der Waals surface area contributed by atoms with Crippen molar-refractivity contribution in [2.75, 3.05) is 32.7 Å². The highest BCUT2D eigenvalue weighted by molar-refractivity contribution is 5.88. The third kappa shape index (κ3) is 3.93. The molecule has 0 bridgehead atoms. The normalized spacial score (nSPS) is 15.3. The van der Waals surface area contributed by atoms with Gasteiger partial charge in [-0.1, -0.05) is 18.2 Å². The van der Waals surface area contributed by atoms with Crippen molar-refractivity contribution in [3.63, 3.8) is 0 Å². The lowest BCUT2D eigenvalue weighted by Gasteiger charge is -2.34. The van der Waals surface area contributed by atoms with Gasteiger partial charge in [0, 0.05) is 62.1 Å². The average Bonchev–Trinajstić information content (AvgIpc) is 3.11. The molecule has 0 spiro atoms. The molecule has 1 aliphatic heterocycles. The molecule has 1 aromatic carbocycles. The number of amides is 1. The van der Waals surface area contributed by atoms with Crippen molar-refractivity contribution >= 4 is 16.8 Å². The Labute approximate surface area is 157 Å². The van der Waals surface area contributed by atoms with E-state index < -0.39 is 0 Å². The number of carbonyl (C=O) groups is 1. The number of nitrogens with zero attached hydrogens (tertiary/aromatic N) is 4. The predicted octanol–water partition coefficient (Wildman–Crippen LogP) is 1.11. The second-order valence-electron chi connectivity index (χ2n) is 6.84. The molecule has 4 rings (SSSR count).